The SMILES string of the molecule is NS(=O)(=O)c1cnc2ccc(OC(F)(F)F)cc2c1O. The third-order valence-electron chi connectivity index (χ3n) is 2.32. The van der Waals surface area contributed by atoms with Crippen LogP contribution in [0.2, 0.25) is 0 Å². The number of hydrogen-bond acceptors (Lipinski definition) is 5. The van der Waals surface area contributed by atoms with Crippen LogP contribution in [-0.4, -0.2) is 24.9 Å². The lowest BCUT2D eigenvalue weighted by Gasteiger charge is -2.10. The Hall–Kier alpha value is -2.07. The van der Waals surface area contributed by atoms with Gasteiger partial charge in [-0.05, 0) is 18.2 Å². The van der Waals surface area contributed by atoms with Gasteiger partial charge in [0.15, 0.2) is 0 Å². The van der Waals surface area contributed by atoms with Gasteiger partial charge in [-0.25, -0.2) is 13.6 Å². The van der Waals surface area contributed by atoms with Crippen molar-refractivity contribution in [2.24, 2.45) is 5.14 Å². The maximum Gasteiger partial charge on any atom is 0.573 e. The van der Waals surface area contributed by atoms with Crippen LogP contribution in [0.1, 0.15) is 0 Å². The summed E-state index contributed by atoms with van der Waals surface area (Å²) in [5.74, 6) is -1.40. The number of alkyl halides is 3. The molecule has 2 rings (SSSR count). The number of halogens is 3. The van der Waals surface area contributed by atoms with Gasteiger partial charge in [0.05, 0.1) is 11.7 Å². The Morgan fingerprint density at radius 2 is 1.95 bits per heavy atom. The summed E-state index contributed by atoms with van der Waals surface area (Å²) in [6.07, 6.45) is -4.09. The van der Waals surface area contributed by atoms with Gasteiger partial charge in [0.1, 0.15) is 16.4 Å². The topological polar surface area (TPSA) is 103 Å². The van der Waals surface area contributed by atoms with Crippen molar-refractivity contribution in [2.75, 3.05) is 0 Å². The molecule has 1 heterocycles. The molecule has 0 fully saturated rings. The zero-order valence-corrected chi connectivity index (χ0v) is 10.4. The van der Waals surface area contributed by atoms with E-state index >= 15 is 0 Å². The number of benzene rings is 1. The van der Waals surface area contributed by atoms with Gasteiger partial charge in [-0.3, -0.25) is 4.98 Å². The largest absolute Gasteiger partial charge is 0.573 e. The molecule has 0 spiro atoms. The maximum absolute atomic E-state index is 12.1. The molecular formula is C10H7F3N2O4S. The Balaban J connectivity index is 2.64. The first kappa shape index (κ1) is 14.3. The molecule has 108 valence electrons. The van der Waals surface area contributed by atoms with E-state index in [2.05, 4.69) is 9.72 Å². The van der Waals surface area contributed by atoms with Gasteiger partial charge in [0.25, 0.3) is 0 Å². The first-order chi connectivity index (χ1) is 9.08. The van der Waals surface area contributed by atoms with Gasteiger partial charge in [-0.1, -0.05) is 0 Å². The van der Waals surface area contributed by atoms with Crippen LogP contribution in [0.4, 0.5) is 13.2 Å². The van der Waals surface area contributed by atoms with Crippen molar-refractivity contribution in [3.8, 4) is 11.5 Å². The molecule has 1 aromatic heterocycles. The summed E-state index contributed by atoms with van der Waals surface area (Å²) in [6, 6.07) is 2.95. The summed E-state index contributed by atoms with van der Waals surface area (Å²) >= 11 is 0. The van der Waals surface area contributed by atoms with Crippen molar-refractivity contribution >= 4 is 20.9 Å². The van der Waals surface area contributed by atoms with Crippen LogP contribution in [0.15, 0.2) is 29.3 Å². The molecule has 0 aliphatic carbocycles. The van der Waals surface area contributed by atoms with E-state index in [1.165, 1.54) is 0 Å². The average Bonchev–Trinajstić information content (AvgIpc) is 2.26. The first-order valence-corrected chi connectivity index (χ1v) is 6.53. The van der Waals surface area contributed by atoms with E-state index in [1.807, 2.05) is 0 Å². The van der Waals surface area contributed by atoms with E-state index in [9.17, 15) is 26.7 Å². The van der Waals surface area contributed by atoms with E-state index in [0.717, 1.165) is 24.4 Å². The zero-order valence-electron chi connectivity index (χ0n) is 9.55. The highest BCUT2D eigenvalue weighted by Crippen LogP contribution is 2.33. The Labute approximate surface area is 110 Å². The Kier molecular flexibility index (Phi) is 3.22. The number of aromatic nitrogens is 1. The fourth-order valence-electron chi connectivity index (χ4n) is 1.54. The molecular weight excluding hydrogens is 301 g/mol. The second-order valence-corrected chi connectivity index (χ2v) is 5.27. The van der Waals surface area contributed by atoms with Crippen molar-refractivity contribution in [1.82, 2.24) is 4.98 Å². The number of nitrogens with zero attached hydrogens (tertiary/aromatic N) is 1. The van der Waals surface area contributed by atoms with E-state index in [4.69, 9.17) is 5.14 Å². The Morgan fingerprint density at radius 1 is 1.30 bits per heavy atom. The molecule has 0 bridgehead atoms. The fourth-order valence-corrected chi connectivity index (χ4v) is 2.12. The predicted molar refractivity (Wildman–Crippen MR) is 61.5 cm³/mol. The van der Waals surface area contributed by atoms with Crippen molar-refractivity contribution in [3.63, 3.8) is 0 Å². The maximum atomic E-state index is 12.1. The van der Waals surface area contributed by atoms with Crippen LogP contribution in [0.3, 0.4) is 0 Å². The smallest absolute Gasteiger partial charge is 0.506 e. The molecule has 2 aromatic rings. The molecule has 0 aliphatic heterocycles. The summed E-state index contributed by atoms with van der Waals surface area (Å²) in [5.41, 5.74) is 0.0874. The Bertz CT molecular complexity index is 774. The van der Waals surface area contributed by atoms with E-state index in [1.54, 1.807) is 0 Å². The van der Waals surface area contributed by atoms with E-state index in [-0.39, 0.29) is 10.9 Å². The number of sulfonamides is 1. The number of rotatable bonds is 2. The number of pyridine rings is 1. The Morgan fingerprint density at radius 3 is 2.50 bits per heavy atom. The number of primary sulfonamides is 1. The quantitative estimate of drug-likeness (QED) is 0.875. The molecule has 0 amide bonds. The summed E-state index contributed by atoms with van der Waals surface area (Å²) in [4.78, 5) is 3.00. The molecule has 0 aliphatic rings. The fraction of sp³-hybridized carbons (Fsp3) is 0.100. The molecule has 0 radical (unpaired) electrons. The van der Waals surface area contributed by atoms with Gasteiger partial charge in [-0.2, -0.15) is 0 Å². The van der Waals surface area contributed by atoms with Crippen LogP contribution in [-0.2, 0) is 10.0 Å². The highest BCUT2D eigenvalue weighted by atomic mass is 32.2. The van der Waals surface area contributed by atoms with Gasteiger partial charge < -0.3 is 9.84 Å². The van der Waals surface area contributed by atoms with Crippen LogP contribution in [0.25, 0.3) is 10.9 Å². The lowest BCUT2D eigenvalue weighted by atomic mass is 10.2. The van der Waals surface area contributed by atoms with E-state index < -0.39 is 32.8 Å². The summed E-state index contributed by atoms with van der Waals surface area (Å²) in [5, 5.41) is 14.4. The molecule has 1 aromatic carbocycles. The highest BCUT2D eigenvalue weighted by Gasteiger charge is 2.31. The van der Waals surface area contributed by atoms with Gasteiger partial charge in [-0.15, -0.1) is 13.2 Å². The van der Waals surface area contributed by atoms with Crippen LogP contribution >= 0.6 is 0 Å². The molecule has 0 unspecified atom stereocenters. The number of hydrogen-bond donors (Lipinski definition) is 2. The molecule has 3 N–H and O–H groups in total. The number of aromatic hydroxyl groups is 1. The van der Waals surface area contributed by atoms with Crippen LogP contribution in [0.5, 0.6) is 11.5 Å². The molecule has 20 heavy (non-hydrogen) atoms. The minimum Gasteiger partial charge on any atom is -0.506 e. The highest BCUT2D eigenvalue weighted by molar-refractivity contribution is 7.89. The molecule has 0 saturated carbocycles. The standard InChI is InChI=1S/C10H7F3N2O4S/c11-10(12,13)19-5-1-2-7-6(3-5)9(16)8(4-15-7)20(14,17)18/h1-4H,(H,15,16)(H2,14,17,18). The molecule has 0 atom stereocenters. The molecule has 0 saturated heterocycles. The summed E-state index contributed by atoms with van der Waals surface area (Å²) in [7, 11) is -4.25. The monoisotopic (exact) mass is 308 g/mol. The van der Waals surface area contributed by atoms with Crippen molar-refractivity contribution in [2.45, 2.75) is 11.3 Å². The zero-order chi connectivity index (χ0) is 15.1. The summed E-state index contributed by atoms with van der Waals surface area (Å²) < 4.78 is 62.3. The first-order valence-electron chi connectivity index (χ1n) is 4.98. The van der Waals surface area contributed by atoms with E-state index in [0.29, 0.717) is 0 Å². The van der Waals surface area contributed by atoms with Crippen LogP contribution < -0.4 is 9.88 Å². The van der Waals surface area contributed by atoms with Crippen molar-refractivity contribution < 1.29 is 31.4 Å². The lowest BCUT2D eigenvalue weighted by molar-refractivity contribution is -0.274. The van der Waals surface area contributed by atoms with Gasteiger partial charge >= 0.3 is 6.36 Å². The van der Waals surface area contributed by atoms with Gasteiger partial charge in [0.2, 0.25) is 10.0 Å². The number of fused-ring (bicyclic) bond motifs is 1. The van der Waals surface area contributed by atoms with Crippen molar-refractivity contribution in [1.29, 1.82) is 0 Å². The van der Waals surface area contributed by atoms with Crippen LogP contribution in [0, 0.1) is 0 Å². The van der Waals surface area contributed by atoms with Gasteiger partial charge in [0, 0.05) is 5.39 Å². The normalized spacial score (nSPS) is 12.6. The molecule has 6 nitrogen and oxygen atoms in total. The second kappa shape index (κ2) is 4.49. The van der Waals surface area contributed by atoms with Crippen molar-refractivity contribution in [3.05, 3.63) is 24.4 Å². The minimum absolute atomic E-state index is 0.0874. The number of ether oxygens (including phenoxy) is 1. The lowest BCUT2D eigenvalue weighted by Crippen LogP contribution is -2.17. The minimum atomic E-state index is -4.91. The average molecular weight is 308 g/mol. The predicted octanol–water partition coefficient (Wildman–Crippen LogP) is 1.49. The third-order valence-corrected chi connectivity index (χ3v) is 3.23. The second-order valence-electron chi connectivity index (χ2n) is 3.74. The number of nitrogens with two attached hydrogens (primary N) is 1. The molecule has 10 heteroatoms. The summed E-state index contributed by atoms with van der Waals surface area (Å²) in [6.45, 7) is 0. The third kappa shape index (κ3) is 2.91.